The van der Waals surface area contributed by atoms with Gasteiger partial charge in [-0.2, -0.15) is 5.26 Å². The molecule has 1 N–H and O–H groups in total. The van der Waals surface area contributed by atoms with Gasteiger partial charge in [0, 0.05) is 63.3 Å². The number of piperazine rings is 2. The molecule has 0 radical (unpaired) electrons. The fourth-order valence-electron chi connectivity index (χ4n) is 7.69. The number of hydrogen-bond acceptors (Lipinski definition) is 6. The maximum absolute atomic E-state index is 13.9. The van der Waals surface area contributed by atoms with Crippen molar-refractivity contribution in [3.8, 4) is 6.07 Å². The minimum atomic E-state index is -0.463. The van der Waals surface area contributed by atoms with Crippen molar-refractivity contribution < 1.29 is 14.4 Å². The minimum Gasteiger partial charge on any atom is -0.335 e. The van der Waals surface area contributed by atoms with Gasteiger partial charge in [0.05, 0.1) is 34.7 Å². The second-order valence-corrected chi connectivity index (χ2v) is 14.3. The predicted molar refractivity (Wildman–Crippen MR) is 190 cm³/mol. The maximum atomic E-state index is 13.9. The number of halogens is 2. The Kier molecular flexibility index (Phi) is 10.9. The Labute approximate surface area is 298 Å². The van der Waals surface area contributed by atoms with Crippen LogP contribution in [0, 0.1) is 25.2 Å². The molecule has 4 atom stereocenters. The average Bonchev–Trinajstić information content (AvgIpc) is 3.70. The summed E-state index contributed by atoms with van der Waals surface area (Å²) >= 11 is 12.7. The third-order valence-electron chi connectivity index (χ3n) is 10.0. The first-order valence-electron chi connectivity index (χ1n) is 16.9. The number of nitriles is 1. The molecule has 6 rings (SSSR count). The van der Waals surface area contributed by atoms with Crippen LogP contribution in [0.2, 0.25) is 10.0 Å². The van der Waals surface area contributed by atoms with E-state index in [0.29, 0.717) is 67.7 Å². The van der Waals surface area contributed by atoms with E-state index in [0.717, 1.165) is 28.7 Å². The highest BCUT2D eigenvalue weighted by atomic mass is 35.5. The lowest BCUT2D eigenvalue weighted by Gasteiger charge is -2.42. The van der Waals surface area contributed by atoms with E-state index in [2.05, 4.69) is 16.3 Å². The van der Waals surface area contributed by atoms with Crippen LogP contribution in [0.25, 0.3) is 0 Å². The molecule has 0 spiro atoms. The summed E-state index contributed by atoms with van der Waals surface area (Å²) in [6.45, 7) is 7.20. The van der Waals surface area contributed by atoms with Gasteiger partial charge in [0.1, 0.15) is 0 Å². The lowest BCUT2D eigenvalue weighted by molar-refractivity contribution is -0.138. The number of fused-ring (bicyclic) bond motifs is 2. The van der Waals surface area contributed by atoms with Crippen LogP contribution in [0.3, 0.4) is 0 Å². The van der Waals surface area contributed by atoms with Crippen molar-refractivity contribution in [2.45, 2.75) is 57.3 Å². The van der Waals surface area contributed by atoms with Gasteiger partial charge in [0.15, 0.2) is 0 Å². The molecular formula is C38H42Cl2N6O3. The molecule has 0 aliphatic carbocycles. The molecule has 3 aliphatic heterocycles. The molecule has 0 aromatic heterocycles. The number of nitrogens with one attached hydrogen (secondary N) is 1. The van der Waals surface area contributed by atoms with Gasteiger partial charge in [0.2, 0.25) is 11.8 Å². The zero-order valence-electron chi connectivity index (χ0n) is 27.9. The lowest BCUT2D eigenvalue weighted by atomic mass is 10.00. The van der Waals surface area contributed by atoms with Crippen LogP contribution in [-0.4, -0.2) is 101 Å². The molecule has 2 bridgehead atoms. The maximum Gasteiger partial charge on any atom is 0.254 e. The normalized spacial score (nSPS) is 21.1. The number of likely N-dealkylation sites (tertiary alicyclic amines) is 2. The fourth-order valence-corrected chi connectivity index (χ4v) is 8.00. The van der Waals surface area contributed by atoms with E-state index < -0.39 is 6.04 Å². The third-order valence-corrected chi connectivity index (χ3v) is 10.8. The molecule has 256 valence electrons. The summed E-state index contributed by atoms with van der Waals surface area (Å²) in [6, 6.07) is 22.7. The number of aryl methyl sites for hydroxylation is 2. The van der Waals surface area contributed by atoms with Gasteiger partial charge >= 0.3 is 0 Å². The van der Waals surface area contributed by atoms with Crippen molar-refractivity contribution in [2.75, 3.05) is 45.8 Å². The minimum absolute atomic E-state index is 0.0221. The molecule has 9 nitrogen and oxygen atoms in total. The first-order chi connectivity index (χ1) is 23.6. The van der Waals surface area contributed by atoms with Gasteiger partial charge in [0.25, 0.3) is 5.91 Å². The third kappa shape index (κ3) is 7.94. The average molecular weight is 702 g/mol. The Bertz CT molecular complexity index is 1730. The largest absolute Gasteiger partial charge is 0.335 e. The molecule has 3 saturated heterocycles. The second kappa shape index (κ2) is 15.3. The Hall–Kier alpha value is -3.94. The number of benzene rings is 3. The molecule has 1 unspecified atom stereocenters. The van der Waals surface area contributed by atoms with Crippen molar-refractivity contribution in [3.05, 3.63) is 105 Å². The van der Waals surface area contributed by atoms with Crippen LogP contribution in [0.5, 0.6) is 0 Å². The molecule has 3 fully saturated rings. The molecule has 3 aromatic rings. The Morgan fingerprint density at radius 3 is 2.33 bits per heavy atom. The number of amides is 3. The van der Waals surface area contributed by atoms with E-state index in [4.69, 9.17) is 28.5 Å². The van der Waals surface area contributed by atoms with E-state index in [1.54, 1.807) is 12.1 Å². The zero-order valence-corrected chi connectivity index (χ0v) is 29.5. The van der Waals surface area contributed by atoms with Crippen LogP contribution >= 0.6 is 23.2 Å². The van der Waals surface area contributed by atoms with Gasteiger partial charge in [-0.15, -0.1) is 0 Å². The first-order valence-corrected chi connectivity index (χ1v) is 17.7. The highest BCUT2D eigenvalue weighted by Gasteiger charge is 2.46. The zero-order chi connectivity index (χ0) is 34.7. The van der Waals surface area contributed by atoms with Crippen molar-refractivity contribution in [3.63, 3.8) is 0 Å². The molecular weight excluding hydrogens is 659 g/mol. The van der Waals surface area contributed by atoms with Crippen LogP contribution in [-0.2, 0) is 16.0 Å². The Morgan fingerprint density at radius 1 is 0.898 bits per heavy atom. The lowest BCUT2D eigenvalue weighted by Crippen LogP contribution is -2.55. The van der Waals surface area contributed by atoms with E-state index in [1.165, 1.54) is 0 Å². The number of nitrogens with zero attached hydrogens (tertiary/aromatic N) is 5. The van der Waals surface area contributed by atoms with Gasteiger partial charge in [-0.1, -0.05) is 76.8 Å². The van der Waals surface area contributed by atoms with E-state index in [1.807, 2.05) is 83.1 Å². The number of carbonyl (C=O) groups is 3. The topological polar surface area (TPSA) is 100.0 Å². The molecule has 11 heteroatoms. The van der Waals surface area contributed by atoms with Crippen molar-refractivity contribution >= 4 is 40.9 Å². The molecule has 3 aliphatic rings. The summed E-state index contributed by atoms with van der Waals surface area (Å²) in [4.78, 5) is 49.2. The van der Waals surface area contributed by atoms with E-state index >= 15 is 0 Å². The molecule has 3 amide bonds. The Balaban J connectivity index is 1.09. The summed E-state index contributed by atoms with van der Waals surface area (Å²) in [5, 5.41) is 13.1. The highest BCUT2D eigenvalue weighted by Crippen LogP contribution is 2.34. The number of rotatable bonds is 10. The van der Waals surface area contributed by atoms with E-state index in [-0.39, 0.29) is 42.4 Å². The van der Waals surface area contributed by atoms with Crippen LogP contribution in [0.15, 0.2) is 66.7 Å². The predicted octanol–water partition coefficient (Wildman–Crippen LogP) is 5.04. The van der Waals surface area contributed by atoms with Crippen LogP contribution in [0.1, 0.15) is 51.5 Å². The quantitative estimate of drug-likeness (QED) is 0.298. The van der Waals surface area contributed by atoms with Crippen molar-refractivity contribution in [1.82, 2.24) is 24.9 Å². The summed E-state index contributed by atoms with van der Waals surface area (Å²) < 4.78 is 0. The van der Waals surface area contributed by atoms with Gasteiger partial charge in [-0.25, -0.2) is 0 Å². The number of hydrogen-bond donors (Lipinski definition) is 1. The van der Waals surface area contributed by atoms with Crippen LogP contribution < -0.4 is 5.32 Å². The van der Waals surface area contributed by atoms with Gasteiger partial charge in [-0.3, -0.25) is 24.6 Å². The van der Waals surface area contributed by atoms with Gasteiger partial charge < -0.3 is 14.7 Å². The standard InChI is InChI=1S/C38H42Cl2N6O3/c1-25-16-26(2)18-29(17-25)37(48)44-14-15-45(35(24-44)28-8-9-32(39)33(40)20-28)36(47)10-13-43-22-31-21-30(43)23-46(31)38(49)34(42-12-11-41)19-27-6-4-3-5-7-27/h3-9,16-18,20,30-31,34-35,42H,10,12-15,19,21-24H2,1-2H3/t30-,31+,34?,35-/m0/s1. The highest BCUT2D eigenvalue weighted by molar-refractivity contribution is 6.42. The van der Waals surface area contributed by atoms with Crippen molar-refractivity contribution in [1.29, 1.82) is 5.26 Å². The SMILES string of the molecule is Cc1cc(C)cc(C(=O)N2CCN(C(=O)CCN3C[C@H]4C[C@H]3CN4C(=O)C(Cc3ccccc3)NCC#N)[C@H](c3ccc(Cl)c(Cl)c3)C2)c1. The summed E-state index contributed by atoms with van der Waals surface area (Å²) in [7, 11) is 0. The smallest absolute Gasteiger partial charge is 0.254 e. The monoisotopic (exact) mass is 700 g/mol. The summed E-state index contributed by atoms with van der Waals surface area (Å²) in [6.07, 6.45) is 1.73. The Morgan fingerprint density at radius 2 is 1.65 bits per heavy atom. The van der Waals surface area contributed by atoms with Crippen molar-refractivity contribution in [2.24, 2.45) is 0 Å². The molecule has 3 aromatic carbocycles. The van der Waals surface area contributed by atoms with E-state index in [9.17, 15) is 14.4 Å². The summed E-state index contributed by atoms with van der Waals surface area (Å²) in [5.41, 5.74) is 4.59. The number of carbonyl (C=O) groups excluding carboxylic acids is 3. The van der Waals surface area contributed by atoms with Gasteiger partial charge in [-0.05, 0) is 62.1 Å². The first kappa shape index (κ1) is 34.9. The molecule has 49 heavy (non-hydrogen) atoms. The molecule has 0 saturated carbocycles. The van der Waals surface area contributed by atoms with Crippen LogP contribution in [0.4, 0.5) is 0 Å². The fraction of sp³-hybridized carbons (Fsp3) is 0.421. The molecule has 3 heterocycles. The second-order valence-electron chi connectivity index (χ2n) is 13.5. The summed E-state index contributed by atoms with van der Waals surface area (Å²) in [5.74, 6) is -0.000992.